The summed E-state index contributed by atoms with van der Waals surface area (Å²) >= 11 is 0. The van der Waals surface area contributed by atoms with E-state index in [-0.39, 0.29) is 6.29 Å². The highest BCUT2D eigenvalue weighted by atomic mass is 16.7. The molecule has 0 radical (unpaired) electrons. The molecule has 2 rings (SSSR count). The summed E-state index contributed by atoms with van der Waals surface area (Å²) in [5.74, 6) is 0.856. The molecule has 0 saturated carbocycles. The van der Waals surface area contributed by atoms with E-state index < -0.39 is 0 Å². The SMILES string of the molecule is CC(OCCc1ccccc1)Oc1ccc(CC(C)(C)C)cc1. The minimum Gasteiger partial charge on any atom is -0.465 e. The minimum absolute atomic E-state index is 0.243. The smallest absolute Gasteiger partial charge is 0.196 e. The number of ether oxygens (including phenoxy) is 2. The van der Waals surface area contributed by atoms with Crippen LogP contribution in [0.3, 0.4) is 0 Å². The fraction of sp³-hybridized carbons (Fsp3) is 0.429. The van der Waals surface area contributed by atoms with Crippen molar-refractivity contribution in [3.05, 3.63) is 65.7 Å². The molecule has 0 aliphatic carbocycles. The van der Waals surface area contributed by atoms with Crippen LogP contribution in [0.5, 0.6) is 5.75 Å². The first-order valence-corrected chi connectivity index (χ1v) is 8.33. The van der Waals surface area contributed by atoms with Crippen LogP contribution in [0.2, 0.25) is 0 Å². The molecule has 0 saturated heterocycles. The molecule has 2 aromatic carbocycles. The number of hydrogen-bond donors (Lipinski definition) is 0. The van der Waals surface area contributed by atoms with Crippen molar-refractivity contribution in [3.8, 4) is 5.75 Å². The molecule has 0 amide bonds. The van der Waals surface area contributed by atoms with Crippen LogP contribution in [0.1, 0.15) is 38.8 Å². The molecule has 2 nitrogen and oxygen atoms in total. The lowest BCUT2D eigenvalue weighted by molar-refractivity contribution is -0.0654. The van der Waals surface area contributed by atoms with Crippen LogP contribution in [0.15, 0.2) is 54.6 Å². The maximum Gasteiger partial charge on any atom is 0.196 e. The van der Waals surface area contributed by atoms with E-state index in [1.165, 1.54) is 11.1 Å². The van der Waals surface area contributed by atoms with Gasteiger partial charge in [0.05, 0.1) is 6.61 Å². The van der Waals surface area contributed by atoms with Crippen molar-refractivity contribution in [2.45, 2.75) is 46.8 Å². The topological polar surface area (TPSA) is 18.5 Å². The molecule has 0 aliphatic heterocycles. The zero-order chi connectivity index (χ0) is 16.7. The molecule has 0 spiro atoms. The number of benzene rings is 2. The van der Waals surface area contributed by atoms with Crippen LogP contribution < -0.4 is 4.74 Å². The standard InChI is InChI=1S/C21H28O2/c1-17(22-15-14-18-8-6-5-7-9-18)23-20-12-10-19(11-13-20)16-21(2,3)4/h5-13,17H,14-16H2,1-4H3. The first-order valence-electron chi connectivity index (χ1n) is 8.33. The van der Waals surface area contributed by atoms with E-state index in [0.717, 1.165) is 18.6 Å². The second-order valence-electron chi connectivity index (χ2n) is 7.17. The lowest BCUT2D eigenvalue weighted by Gasteiger charge is -2.19. The van der Waals surface area contributed by atoms with E-state index in [1.54, 1.807) is 0 Å². The second kappa shape index (κ2) is 8.16. The maximum absolute atomic E-state index is 5.82. The molecule has 0 N–H and O–H groups in total. The molecule has 124 valence electrons. The second-order valence-corrected chi connectivity index (χ2v) is 7.17. The van der Waals surface area contributed by atoms with Gasteiger partial charge in [-0.05, 0) is 48.4 Å². The predicted octanol–water partition coefficient (Wildman–Crippen LogP) is 5.26. The van der Waals surface area contributed by atoms with Gasteiger partial charge >= 0.3 is 0 Å². The van der Waals surface area contributed by atoms with Crippen molar-refractivity contribution in [1.82, 2.24) is 0 Å². The number of rotatable bonds is 7. The van der Waals surface area contributed by atoms with Crippen molar-refractivity contribution in [2.75, 3.05) is 6.61 Å². The van der Waals surface area contributed by atoms with Gasteiger partial charge in [-0.3, -0.25) is 0 Å². The lowest BCUT2D eigenvalue weighted by Crippen LogP contribution is -2.18. The average molecular weight is 312 g/mol. The highest BCUT2D eigenvalue weighted by Gasteiger charge is 2.11. The first-order chi connectivity index (χ1) is 10.9. The molecule has 0 fully saturated rings. The fourth-order valence-electron chi connectivity index (χ4n) is 2.51. The molecule has 0 aliphatic rings. The maximum atomic E-state index is 5.82. The Morgan fingerprint density at radius 1 is 0.870 bits per heavy atom. The summed E-state index contributed by atoms with van der Waals surface area (Å²) in [5, 5.41) is 0. The summed E-state index contributed by atoms with van der Waals surface area (Å²) < 4.78 is 11.6. The van der Waals surface area contributed by atoms with Crippen LogP contribution in [0, 0.1) is 5.41 Å². The van der Waals surface area contributed by atoms with Gasteiger partial charge in [-0.2, -0.15) is 0 Å². The van der Waals surface area contributed by atoms with Gasteiger partial charge in [0.1, 0.15) is 5.75 Å². The van der Waals surface area contributed by atoms with Gasteiger partial charge in [-0.25, -0.2) is 0 Å². The Labute approximate surface area is 140 Å². The third kappa shape index (κ3) is 6.87. The van der Waals surface area contributed by atoms with Gasteiger partial charge in [0, 0.05) is 0 Å². The molecule has 1 unspecified atom stereocenters. The van der Waals surface area contributed by atoms with E-state index >= 15 is 0 Å². The molecule has 0 aromatic heterocycles. The van der Waals surface area contributed by atoms with Crippen LogP contribution in [-0.2, 0) is 17.6 Å². The van der Waals surface area contributed by atoms with Crippen molar-refractivity contribution in [3.63, 3.8) is 0 Å². The Kier molecular flexibility index (Phi) is 6.23. The lowest BCUT2D eigenvalue weighted by atomic mass is 9.88. The zero-order valence-corrected chi connectivity index (χ0v) is 14.7. The van der Waals surface area contributed by atoms with Gasteiger partial charge in [-0.15, -0.1) is 0 Å². The molecule has 23 heavy (non-hydrogen) atoms. The van der Waals surface area contributed by atoms with Crippen LogP contribution in [0.4, 0.5) is 0 Å². The molecule has 2 heteroatoms. The summed E-state index contributed by atoms with van der Waals surface area (Å²) in [6, 6.07) is 18.7. The molecule has 1 atom stereocenters. The van der Waals surface area contributed by atoms with Gasteiger partial charge in [0.2, 0.25) is 0 Å². The Morgan fingerprint density at radius 2 is 1.52 bits per heavy atom. The Morgan fingerprint density at radius 3 is 2.13 bits per heavy atom. The zero-order valence-electron chi connectivity index (χ0n) is 14.7. The van der Waals surface area contributed by atoms with Gasteiger partial charge in [0.15, 0.2) is 6.29 Å². The van der Waals surface area contributed by atoms with Crippen LogP contribution in [0.25, 0.3) is 0 Å². The van der Waals surface area contributed by atoms with Crippen molar-refractivity contribution in [1.29, 1.82) is 0 Å². The van der Waals surface area contributed by atoms with Gasteiger partial charge in [-0.1, -0.05) is 63.2 Å². The fourth-order valence-corrected chi connectivity index (χ4v) is 2.51. The molecule has 2 aromatic rings. The van der Waals surface area contributed by atoms with Gasteiger partial charge in [0.25, 0.3) is 0 Å². The highest BCUT2D eigenvalue weighted by Crippen LogP contribution is 2.22. The third-order valence-electron chi connectivity index (χ3n) is 3.55. The van der Waals surface area contributed by atoms with E-state index in [2.05, 4.69) is 57.2 Å². The third-order valence-corrected chi connectivity index (χ3v) is 3.55. The molecule has 0 heterocycles. The molecular formula is C21H28O2. The Bertz CT molecular complexity index is 567. The highest BCUT2D eigenvalue weighted by molar-refractivity contribution is 5.27. The van der Waals surface area contributed by atoms with Gasteiger partial charge < -0.3 is 9.47 Å². The van der Waals surface area contributed by atoms with E-state index in [9.17, 15) is 0 Å². The van der Waals surface area contributed by atoms with E-state index in [0.29, 0.717) is 12.0 Å². The van der Waals surface area contributed by atoms with E-state index in [4.69, 9.17) is 9.47 Å². The van der Waals surface area contributed by atoms with Crippen LogP contribution in [-0.4, -0.2) is 12.9 Å². The Balaban J connectivity index is 1.75. The number of hydrogen-bond acceptors (Lipinski definition) is 2. The monoisotopic (exact) mass is 312 g/mol. The first kappa shape index (κ1) is 17.6. The molecule has 0 bridgehead atoms. The average Bonchev–Trinajstić information content (AvgIpc) is 2.49. The summed E-state index contributed by atoms with van der Waals surface area (Å²) in [4.78, 5) is 0. The van der Waals surface area contributed by atoms with Crippen molar-refractivity contribution in [2.24, 2.45) is 5.41 Å². The quantitative estimate of drug-likeness (QED) is 0.649. The summed E-state index contributed by atoms with van der Waals surface area (Å²) in [5.41, 5.74) is 2.92. The van der Waals surface area contributed by atoms with Crippen molar-refractivity contribution >= 4 is 0 Å². The van der Waals surface area contributed by atoms with Crippen LogP contribution >= 0.6 is 0 Å². The molecular weight excluding hydrogens is 284 g/mol. The predicted molar refractivity (Wildman–Crippen MR) is 95.8 cm³/mol. The largest absolute Gasteiger partial charge is 0.465 e. The normalized spacial score (nSPS) is 12.9. The summed E-state index contributed by atoms with van der Waals surface area (Å²) in [7, 11) is 0. The van der Waals surface area contributed by atoms with E-state index in [1.807, 2.05) is 25.1 Å². The summed E-state index contributed by atoms with van der Waals surface area (Å²) in [6.07, 6.45) is 1.72. The minimum atomic E-state index is -0.243. The van der Waals surface area contributed by atoms with Crippen molar-refractivity contribution < 1.29 is 9.47 Å². The Hall–Kier alpha value is -1.80. The summed E-state index contributed by atoms with van der Waals surface area (Å²) in [6.45, 7) is 9.35.